The highest BCUT2D eigenvalue weighted by Crippen LogP contribution is 2.45. The van der Waals surface area contributed by atoms with Crippen molar-refractivity contribution in [2.24, 2.45) is 17.8 Å². The van der Waals surface area contributed by atoms with E-state index >= 15 is 0 Å². The molecule has 0 spiro atoms. The second kappa shape index (κ2) is 15.9. The Kier molecular flexibility index (Phi) is 12.4. The number of hydrogen-bond donors (Lipinski definition) is 1. The van der Waals surface area contributed by atoms with Crippen LogP contribution in [0.25, 0.3) is 6.08 Å². The van der Waals surface area contributed by atoms with Crippen LogP contribution in [0.1, 0.15) is 91.7 Å². The summed E-state index contributed by atoms with van der Waals surface area (Å²) >= 11 is 0. The van der Waals surface area contributed by atoms with Crippen LogP contribution in [-0.4, -0.2) is 78.0 Å². The number of nitrogens with zero attached hydrogens (tertiary/aromatic N) is 1. The van der Waals surface area contributed by atoms with Gasteiger partial charge in [-0.1, -0.05) is 32.1 Å². The second-order valence-corrected chi connectivity index (χ2v) is 13.8. The van der Waals surface area contributed by atoms with E-state index in [9.17, 15) is 14.7 Å². The number of epoxide rings is 2. The molecule has 46 heavy (non-hydrogen) atoms. The summed E-state index contributed by atoms with van der Waals surface area (Å²) in [6, 6.07) is 0. The summed E-state index contributed by atoms with van der Waals surface area (Å²) in [7, 11) is 1.63. The van der Waals surface area contributed by atoms with Crippen molar-refractivity contribution < 1.29 is 42.8 Å². The molecule has 0 aliphatic carbocycles. The van der Waals surface area contributed by atoms with E-state index in [1.165, 1.54) is 0 Å². The molecule has 1 aromatic heterocycles. The standard InChI is InChI=1S/C36H53NO9/c1-21(14-28-19-42-26(6)37-28)10-9-11-23(3)35(41-8)24(4)30(43-20-38)18-32(39)36(7)33(46-36)13-12-22(2)29-15-27(17-34(40)45-29)16-31-25(5)44-31/h9-11,14,19-20,22,24-25,27,29-33,35,39H,12-13,15-18H2,1-8H3/b10-9+,21-14+,23-11+. The molecule has 10 nitrogen and oxygen atoms in total. The molecular formula is C36H53NO9. The molecule has 3 fully saturated rings. The average molecular weight is 644 g/mol. The van der Waals surface area contributed by atoms with Gasteiger partial charge in [-0.15, -0.1) is 0 Å². The third kappa shape index (κ3) is 9.62. The number of aryl methyl sites for hydroxylation is 1. The highest BCUT2D eigenvalue weighted by molar-refractivity contribution is 5.70. The summed E-state index contributed by atoms with van der Waals surface area (Å²) in [6.45, 7) is 14.2. The molecule has 1 aromatic rings. The van der Waals surface area contributed by atoms with E-state index < -0.39 is 17.8 Å². The first-order valence-corrected chi connectivity index (χ1v) is 16.6. The van der Waals surface area contributed by atoms with Crippen molar-refractivity contribution in [1.29, 1.82) is 0 Å². The Morgan fingerprint density at radius 2 is 2.02 bits per heavy atom. The molecule has 11 atom stereocenters. The van der Waals surface area contributed by atoms with Gasteiger partial charge in [0, 0.05) is 32.8 Å². The van der Waals surface area contributed by atoms with Gasteiger partial charge in [-0.2, -0.15) is 0 Å². The maximum Gasteiger partial charge on any atom is 0.306 e. The van der Waals surface area contributed by atoms with Crippen LogP contribution in [0.3, 0.4) is 0 Å². The SMILES string of the molecule is COC(/C(C)=C/C=C/C(C)=C/c1coc(C)n1)C(C)C(CC(O)C1(C)OC1CCC(C)C1CC(CC2OC2C)CC(=O)O1)OC=O. The zero-order chi connectivity index (χ0) is 33.6. The van der Waals surface area contributed by atoms with Crippen molar-refractivity contribution in [1.82, 2.24) is 4.98 Å². The molecule has 0 bridgehead atoms. The summed E-state index contributed by atoms with van der Waals surface area (Å²) in [4.78, 5) is 28.1. The fourth-order valence-corrected chi connectivity index (χ4v) is 6.86. The van der Waals surface area contributed by atoms with Crippen LogP contribution in [0.4, 0.5) is 0 Å². The summed E-state index contributed by atoms with van der Waals surface area (Å²) < 4.78 is 34.0. The lowest BCUT2D eigenvalue weighted by Crippen LogP contribution is -2.40. The average Bonchev–Trinajstić information content (AvgIpc) is 3.83. The van der Waals surface area contributed by atoms with Gasteiger partial charge >= 0.3 is 5.97 Å². The van der Waals surface area contributed by atoms with Crippen LogP contribution < -0.4 is 0 Å². The number of carbonyl (C=O) groups is 2. The van der Waals surface area contributed by atoms with Crippen LogP contribution in [0.5, 0.6) is 0 Å². The molecule has 10 heteroatoms. The number of ether oxygens (including phenoxy) is 5. The predicted octanol–water partition coefficient (Wildman–Crippen LogP) is 5.91. The number of aliphatic hydroxyl groups excluding tert-OH is 1. The first kappa shape index (κ1) is 36.1. The summed E-state index contributed by atoms with van der Waals surface area (Å²) in [5.74, 6) is 0.735. The molecular weight excluding hydrogens is 590 g/mol. The molecule has 3 saturated heterocycles. The van der Waals surface area contributed by atoms with Crippen molar-refractivity contribution in [2.45, 2.75) is 135 Å². The van der Waals surface area contributed by atoms with Gasteiger partial charge < -0.3 is 33.2 Å². The molecule has 256 valence electrons. The van der Waals surface area contributed by atoms with E-state index in [4.69, 9.17) is 28.1 Å². The van der Waals surface area contributed by atoms with Crippen LogP contribution in [-0.2, 0) is 33.3 Å². The Morgan fingerprint density at radius 3 is 2.65 bits per heavy atom. The summed E-state index contributed by atoms with van der Waals surface area (Å²) in [6.07, 6.45) is 12.0. The van der Waals surface area contributed by atoms with Crippen molar-refractivity contribution in [3.8, 4) is 0 Å². The van der Waals surface area contributed by atoms with E-state index in [1.807, 2.05) is 52.0 Å². The second-order valence-electron chi connectivity index (χ2n) is 13.8. The van der Waals surface area contributed by atoms with Gasteiger partial charge in [0.25, 0.3) is 6.47 Å². The normalized spacial score (nSPS) is 31.6. The quantitative estimate of drug-likeness (QED) is 0.0891. The number of rotatable bonds is 18. The number of aliphatic hydroxyl groups is 1. The Morgan fingerprint density at radius 1 is 1.28 bits per heavy atom. The van der Waals surface area contributed by atoms with Gasteiger partial charge in [0.05, 0.1) is 30.5 Å². The zero-order valence-electron chi connectivity index (χ0n) is 28.6. The largest absolute Gasteiger partial charge is 0.464 e. The monoisotopic (exact) mass is 643 g/mol. The maximum absolute atomic E-state index is 12.3. The number of esters is 1. The summed E-state index contributed by atoms with van der Waals surface area (Å²) in [5.41, 5.74) is 1.99. The van der Waals surface area contributed by atoms with E-state index in [-0.39, 0.29) is 48.6 Å². The topological polar surface area (TPSA) is 133 Å². The lowest BCUT2D eigenvalue weighted by atomic mass is 9.83. The van der Waals surface area contributed by atoms with E-state index in [1.54, 1.807) is 20.3 Å². The third-order valence-corrected chi connectivity index (χ3v) is 10.0. The number of oxazole rings is 1. The zero-order valence-corrected chi connectivity index (χ0v) is 28.6. The first-order chi connectivity index (χ1) is 21.8. The fourth-order valence-electron chi connectivity index (χ4n) is 6.86. The Labute approximate surface area is 273 Å². The number of allylic oxidation sites excluding steroid dienone is 4. The number of aromatic nitrogens is 1. The van der Waals surface area contributed by atoms with E-state index in [0.29, 0.717) is 30.8 Å². The molecule has 0 aromatic carbocycles. The molecule has 1 N–H and O–H groups in total. The van der Waals surface area contributed by atoms with Crippen LogP contribution >= 0.6 is 0 Å². The smallest absolute Gasteiger partial charge is 0.306 e. The fraction of sp³-hybridized carbons (Fsp3) is 0.694. The molecule has 0 amide bonds. The Balaban J connectivity index is 1.28. The first-order valence-electron chi connectivity index (χ1n) is 16.6. The van der Waals surface area contributed by atoms with Gasteiger partial charge in [0.15, 0.2) is 5.89 Å². The van der Waals surface area contributed by atoms with Crippen molar-refractivity contribution in [3.63, 3.8) is 0 Å². The minimum atomic E-state index is -0.840. The van der Waals surface area contributed by atoms with Gasteiger partial charge in [0.1, 0.15) is 29.8 Å². The van der Waals surface area contributed by atoms with Gasteiger partial charge in [-0.25, -0.2) is 4.98 Å². The molecule has 3 aliphatic heterocycles. The minimum absolute atomic E-state index is 0.115. The third-order valence-electron chi connectivity index (χ3n) is 10.0. The minimum Gasteiger partial charge on any atom is -0.464 e. The van der Waals surface area contributed by atoms with Crippen LogP contribution in [0.2, 0.25) is 0 Å². The van der Waals surface area contributed by atoms with Crippen LogP contribution in [0, 0.1) is 24.7 Å². The lowest BCUT2D eigenvalue weighted by Gasteiger charge is -2.32. The van der Waals surface area contributed by atoms with Crippen LogP contribution in [0.15, 0.2) is 40.1 Å². The lowest BCUT2D eigenvalue weighted by molar-refractivity contribution is -0.160. The molecule has 0 radical (unpaired) electrons. The van der Waals surface area contributed by atoms with Crippen molar-refractivity contribution in [3.05, 3.63) is 47.2 Å². The highest BCUT2D eigenvalue weighted by atomic mass is 16.6. The van der Waals surface area contributed by atoms with E-state index in [2.05, 4.69) is 18.8 Å². The van der Waals surface area contributed by atoms with Gasteiger partial charge in [0.2, 0.25) is 0 Å². The maximum atomic E-state index is 12.3. The highest BCUT2D eigenvalue weighted by Gasteiger charge is 2.57. The van der Waals surface area contributed by atoms with E-state index in [0.717, 1.165) is 42.5 Å². The summed E-state index contributed by atoms with van der Waals surface area (Å²) in [5, 5.41) is 11.3. The van der Waals surface area contributed by atoms with Crippen molar-refractivity contribution >= 4 is 18.5 Å². The number of carbonyl (C=O) groups excluding carboxylic acids is 2. The van der Waals surface area contributed by atoms with Crippen molar-refractivity contribution in [2.75, 3.05) is 7.11 Å². The van der Waals surface area contributed by atoms with Gasteiger partial charge in [-0.3, -0.25) is 9.59 Å². The molecule has 4 heterocycles. The molecule has 11 unspecified atom stereocenters. The predicted molar refractivity (Wildman–Crippen MR) is 173 cm³/mol. The molecule has 0 saturated carbocycles. The Bertz CT molecular complexity index is 1270. The van der Waals surface area contributed by atoms with Gasteiger partial charge in [-0.05, 0) is 82.4 Å². The Hall–Kier alpha value is -2.79. The number of cyclic esters (lactones) is 1. The number of methoxy groups -OCH3 is 1. The molecule has 3 aliphatic rings. The molecule has 4 rings (SSSR count). The number of hydrogen-bond acceptors (Lipinski definition) is 10.